The van der Waals surface area contributed by atoms with Gasteiger partial charge in [0.25, 0.3) is 0 Å². The lowest BCUT2D eigenvalue weighted by Crippen LogP contribution is -2.21. The molecule has 0 aromatic rings. The molecule has 3 nitrogen and oxygen atoms in total. The molecule has 0 saturated heterocycles. The number of unbranched alkanes of at least 4 members (excludes halogenated alkanes) is 3. The van der Waals surface area contributed by atoms with Gasteiger partial charge in [0.2, 0.25) is 0 Å². The van der Waals surface area contributed by atoms with Gasteiger partial charge in [-0.1, -0.05) is 12.8 Å². The van der Waals surface area contributed by atoms with E-state index in [2.05, 4.69) is 5.32 Å². The molecule has 90 valence electrons. The van der Waals surface area contributed by atoms with E-state index in [0.29, 0.717) is 0 Å². The zero-order valence-electron chi connectivity index (χ0n) is 9.84. The summed E-state index contributed by atoms with van der Waals surface area (Å²) in [5, 5.41) is 3.40. The summed E-state index contributed by atoms with van der Waals surface area (Å²) in [6.45, 7) is 4.82. The molecule has 0 unspecified atom stereocenters. The summed E-state index contributed by atoms with van der Waals surface area (Å²) in [7, 11) is 0. The molecule has 1 aliphatic rings. The normalized spacial score (nSPS) is 15.8. The monoisotopic (exact) mass is 214 g/mol. The third kappa shape index (κ3) is 8.85. The van der Waals surface area contributed by atoms with Gasteiger partial charge in [-0.3, -0.25) is 0 Å². The van der Waals surface area contributed by atoms with Gasteiger partial charge < -0.3 is 15.8 Å². The van der Waals surface area contributed by atoms with Crippen LogP contribution in [0.25, 0.3) is 0 Å². The Bertz CT molecular complexity index is 138. The van der Waals surface area contributed by atoms with Crippen molar-refractivity contribution in [2.45, 2.75) is 38.5 Å². The molecule has 0 aliphatic heterocycles. The van der Waals surface area contributed by atoms with Crippen molar-refractivity contribution in [1.82, 2.24) is 5.32 Å². The zero-order valence-corrected chi connectivity index (χ0v) is 9.84. The fraction of sp³-hybridized carbons (Fsp3) is 1.00. The highest BCUT2D eigenvalue weighted by molar-refractivity contribution is 4.71. The SMILES string of the molecule is NCCCCCCNCCOCC1CC1. The molecular formula is C12H26N2O. The van der Waals surface area contributed by atoms with E-state index < -0.39 is 0 Å². The smallest absolute Gasteiger partial charge is 0.0591 e. The van der Waals surface area contributed by atoms with Crippen LogP contribution in [-0.2, 0) is 4.74 Å². The number of nitrogens with two attached hydrogens (primary N) is 1. The van der Waals surface area contributed by atoms with E-state index in [1.807, 2.05) is 0 Å². The van der Waals surface area contributed by atoms with Crippen molar-refractivity contribution < 1.29 is 4.74 Å². The Kier molecular flexibility index (Phi) is 7.88. The van der Waals surface area contributed by atoms with Crippen LogP contribution >= 0.6 is 0 Å². The lowest BCUT2D eigenvalue weighted by molar-refractivity contribution is 0.126. The van der Waals surface area contributed by atoms with Crippen molar-refractivity contribution in [2.24, 2.45) is 11.7 Å². The summed E-state index contributed by atoms with van der Waals surface area (Å²) in [5.74, 6) is 0.890. The second-order valence-electron chi connectivity index (χ2n) is 4.47. The van der Waals surface area contributed by atoms with Gasteiger partial charge >= 0.3 is 0 Å². The van der Waals surface area contributed by atoms with Crippen molar-refractivity contribution in [1.29, 1.82) is 0 Å². The van der Waals surface area contributed by atoms with Crippen molar-refractivity contribution >= 4 is 0 Å². The Morgan fingerprint density at radius 3 is 2.60 bits per heavy atom. The minimum Gasteiger partial charge on any atom is -0.380 e. The van der Waals surface area contributed by atoms with Crippen molar-refractivity contribution in [2.75, 3.05) is 32.8 Å². The summed E-state index contributed by atoms with van der Waals surface area (Å²) in [5.41, 5.74) is 5.42. The summed E-state index contributed by atoms with van der Waals surface area (Å²) in [4.78, 5) is 0. The van der Waals surface area contributed by atoms with Crippen LogP contribution in [0.15, 0.2) is 0 Å². The molecule has 0 aromatic carbocycles. The Hall–Kier alpha value is -0.120. The largest absolute Gasteiger partial charge is 0.380 e. The summed E-state index contributed by atoms with van der Waals surface area (Å²) < 4.78 is 5.52. The van der Waals surface area contributed by atoms with Gasteiger partial charge in [-0.2, -0.15) is 0 Å². The molecule has 0 aromatic heterocycles. The Morgan fingerprint density at radius 2 is 1.87 bits per heavy atom. The van der Waals surface area contributed by atoms with Crippen LogP contribution in [0.2, 0.25) is 0 Å². The number of hydrogen-bond acceptors (Lipinski definition) is 3. The first-order chi connectivity index (χ1) is 7.43. The van der Waals surface area contributed by atoms with Crippen LogP contribution in [0, 0.1) is 5.92 Å². The minimum absolute atomic E-state index is 0.836. The third-order valence-electron chi connectivity index (χ3n) is 2.78. The van der Waals surface area contributed by atoms with E-state index in [1.165, 1.54) is 38.5 Å². The van der Waals surface area contributed by atoms with E-state index >= 15 is 0 Å². The molecule has 0 heterocycles. The van der Waals surface area contributed by atoms with Crippen molar-refractivity contribution in [3.05, 3.63) is 0 Å². The van der Waals surface area contributed by atoms with Gasteiger partial charge in [0.15, 0.2) is 0 Å². The molecule has 1 rings (SSSR count). The number of rotatable bonds is 11. The Balaban J connectivity index is 1.62. The molecule has 3 N–H and O–H groups in total. The molecule has 0 bridgehead atoms. The standard InChI is InChI=1S/C12H26N2O/c13-7-3-1-2-4-8-14-9-10-15-11-12-5-6-12/h12,14H,1-11,13H2. The molecule has 3 heteroatoms. The van der Waals surface area contributed by atoms with Crippen LogP contribution in [0.5, 0.6) is 0 Å². The van der Waals surface area contributed by atoms with E-state index in [-0.39, 0.29) is 0 Å². The maximum absolute atomic E-state index is 5.52. The quantitative estimate of drug-likeness (QED) is 0.513. The van der Waals surface area contributed by atoms with Gasteiger partial charge in [0.1, 0.15) is 0 Å². The van der Waals surface area contributed by atoms with Crippen molar-refractivity contribution in [3.63, 3.8) is 0 Å². The highest BCUT2D eigenvalue weighted by Gasteiger charge is 2.20. The van der Waals surface area contributed by atoms with Gasteiger partial charge in [-0.15, -0.1) is 0 Å². The first kappa shape index (κ1) is 12.9. The molecule has 0 amide bonds. The fourth-order valence-corrected chi connectivity index (χ4v) is 1.55. The van der Waals surface area contributed by atoms with Crippen LogP contribution < -0.4 is 11.1 Å². The van der Waals surface area contributed by atoms with Crippen molar-refractivity contribution in [3.8, 4) is 0 Å². The maximum atomic E-state index is 5.52. The predicted molar refractivity (Wildman–Crippen MR) is 63.9 cm³/mol. The second-order valence-corrected chi connectivity index (χ2v) is 4.47. The first-order valence-corrected chi connectivity index (χ1v) is 6.42. The molecular weight excluding hydrogens is 188 g/mol. The number of hydrogen-bond donors (Lipinski definition) is 2. The first-order valence-electron chi connectivity index (χ1n) is 6.42. The van der Waals surface area contributed by atoms with Gasteiger partial charge in [-0.05, 0) is 44.7 Å². The number of ether oxygens (including phenoxy) is 1. The zero-order chi connectivity index (χ0) is 10.8. The Morgan fingerprint density at radius 1 is 1.07 bits per heavy atom. The molecule has 15 heavy (non-hydrogen) atoms. The highest BCUT2D eigenvalue weighted by atomic mass is 16.5. The van der Waals surface area contributed by atoms with Crippen LogP contribution in [0.3, 0.4) is 0 Å². The lowest BCUT2D eigenvalue weighted by Gasteiger charge is -2.05. The molecule has 1 fully saturated rings. The molecule has 0 atom stereocenters. The average molecular weight is 214 g/mol. The van der Waals surface area contributed by atoms with E-state index in [1.54, 1.807) is 0 Å². The molecule has 1 saturated carbocycles. The minimum atomic E-state index is 0.836. The van der Waals surface area contributed by atoms with E-state index in [4.69, 9.17) is 10.5 Å². The highest BCUT2D eigenvalue weighted by Crippen LogP contribution is 2.28. The van der Waals surface area contributed by atoms with Gasteiger partial charge in [-0.25, -0.2) is 0 Å². The Labute approximate surface area is 93.8 Å². The molecule has 1 aliphatic carbocycles. The second kappa shape index (κ2) is 9.13. The fourth-order valence-electron chi connectivity index (χ4n) is 1.55. The summed E-state index contributed by atoms with van der Waals surface area (Å²) in [6, 6.07) is 0. The summed E-state index contributed by atoms with van der Waals surface area (Å²) in [6.07, 6.45) is 7.78. The predicted octanol–water partition coefficient (Wildman–Crippen LogP) is 1.52. The van der Waals surface area contributed by atoms with E-state index in [0.717, 1.165) is 38.8 Å². The van der Waals surface area contributed by atoms with Crippen LogP contribution in [0.1, 0.15) is 38.5 Å². The topological polar surface area (TPSA) is 47.3 Å². The third-order valence-corrected chi connectivity index (χ3v) is 2.78. The maximum Gasteiger partial charge on any atom is 0.0591 e. The van der Waals surface area contributed by atoms with Crippen LogP contribution in [-0.4, -0.2) is 32.8 Å². The van der Waals surface area contributed by atoms with Gasteiger partial charge in [0, 0.05) is 13.2 Å². The molecule has 0 radical (unpaired) electrons. The number of nitrogens with one attached hydrogen (secondary N) is 1. The van der Waals surface area contributed by atoms with Crippen LogP contribution in [0.4, 0.5) is 0 Å². The molecule has 0 spiro atoms. The van der Waals surface area contributed by atoms with E-state index in [9.17, 15) is 0 Å². The van der Waals surface area contributed by atoms with Gasteiger partial charge in [0.05, 0.1) is 6.61 Å². The lowest BCUT2D eigenvalue weighted by atomic mass is 10.2. The average Bonchev–Trinajstić information content (AvgIpc) is 3.05. The summed E-state index contributed by atoms with van der Waals surface area (Å²) >= 11 is 0.